The van der Waals surface area contributed by atoms with E-state index in [9.17, 15) is 0 Å². The van der Waals surface area contributed by atoms with Crippen molar-refractivity contribution in [3.05, 3.63) is 23.8 Å². The van der Waals surface area contributed by atoms with Gasteiger partial charge in [-0.3, -0.25) is 4.99 Å². The maximum atomic E-state index is 4.26. The maximum Gasteiger partial charge on any atom is 0.191 e. The van der Waals surface area contributed by atoms with Crippen molar-refractivity contribution in [2.45, 2.75) is 44.6 Å². The van der Waals surface area contributed by atoms with Crippen molar-refractivity contribution in [1.29, 1.82) is 0 Å². The minimum absolute atomic E-state index is 0. The van der Waals surface area contributed by atoms with Gasteiger partial charge in [-0.25, -0.2) is 0 Å². The van der Waals surface area contributed by atoms with E-state index in [1.807, 2.05) is 7.05 Å². The quantitative estimate of drug-likeness (QED) is 0.350. The highest BCUT2D eigenvalue weighted by Crippen LogP contribution is 2.19. The molecule has 0 aromatic heterocycles. The molecule has 0 atom stereocenters. The third kappa shape index (κ3) is 5.00. The van der Waals surface area contributed by atoms with Gasteiger partial charge in [0.05, 0.1) is 0 Å². The molecule has 3 nitrogen and oxygen atoms in total. The van der Waals surface area contributed by atoms with Gasteiger partial charge >= 0.3 is 0 Å². The molecule has 0 bridgehead atoms. The molecule has 0 saturated heterocycles. The lowest BCUT2D eigenvalue weighted by molar-refractivity contribution is 0.632. The lowest BCUT2D eigenvalue weighted by Gasteiger charge is -2.17. The van der Waals surface area contributed by atoms with E-state index in [0.29, 0.717) is 6.04 Å². The minimum atomic E-state index is 0. The smallest absolute Gasteiger partial charge is 0.191 e. The monoisotopic (exact) mass is 361 g/mol. The molecule has 2 aliphatic carbocycles. The maximum absolute atomic E-state index is 4.26. The molecule has 0 radical (unpaired) electrons. The summed E-state index contributed by atoms with van der Waals surface area (Å²) in [5.74, 6) is 0.942. The number of guanidine groups is 1. The van der Waals surface area contributed by atoms with Gasteiger partial charge in [0.1, 0.15) is 0 Å². The number of halogens is 1. The first-order valence-electron chi connectivity index (χ1n) is 6.68. The third-order valence-electron chi connectivity index (χ3n) is 3.45. The van der Waals surface area contributed by atoms with Crippen LogP contribution in [-0.4, -0.2) is 25.6 Å². The number of hydrogen-bond acceptors (Lipinski definition) is 1. The minimum Gasteiger partial charge on any atom is -0.356 e. The van der Waals surface area contributed by atoms with Gasteiger partial charge in [-0.15, -0.1) is 24.0 Å². The van der Waals surface area contributed by atoms with Crippen molar-refractivity contribution in [2.75, 3.05) is 13.6 Å². The molecule has 0 fully saturated rings. The Morgan fingerprint density at radius 1 is 1.39 bits per heavy atom. The average molecular weight is 361 g/mol. The van der Waals surface area contributed by atoms with Gasteiger partial charge in [0, 0.05) is 19.6 Å². The summed E-state index contributed by atoms with van der Waals surface area (Å²) < 4.78 is 0. The van der Waals surface area contributed by atoms with Gasteiger partial charge in [-0.2, -0.15) is 0 Å². The first-order chi connectivity index (χ1) is 8.38. The van der Waals surface area contributed by atoms with E-state index in [0.717, 1.165) is 31.8 Å². The van der Waals surface area contributed by atoms with Gasteiger partial charge in [-0.1, -0.05) is 23.8 Å². The van der Waals surface area contributed by atoms with Crippen LogP contribution in [0, 0.1) is 0 Å². The predicted molar refractivity (Wildman–Crippen MR) is 88.6 cm³/mol. The molecule has 102 valence electrons. The van der Waals surface area contributed by atoms with Crippen LogP contribution in [0.25, 0.3) is 0 Å². The molecule has 0 aromatic rings. The predicted octanol–water partition coefficient (Wildman–Crippen LogP) is 2.99. The Bertz CT molecular complexity index is 326. The van der Waals surface area contributed by atoms with Crippen LogP contribution in [0.3, 0.4) is 0 Å². The van der Waals surface area contributed by atoms with Gasteiger partial charge in [0.2, 0.25) is 0 Å². The van der Waals surface area contributed by atoms with E-state index in [1.54, 1.807) is 5.57 Å². The molecule has 18 heavy (non-hydrogen) atoms. The van der Waals surface area contributed by atoms with Crippen molar-refractivity contribution in [1.82, 2.24) is 10.6 Å². The third-order valence-corrected chi connectivity index (χ3v) is 3.45. The number of aliphatic imine (C=N–C) groups is 1. The van der Waals surface area contributed by atoms with Gasteiger partial charge in [-0.05, 0) is 38.5 Å². The summed E-state index contributed by atoms with van der Waals surface area (Å²) in [6.45, 7) is 0.992. The topological polar surface area (TPSA) is 36.4 Å². The van der Waals surface area contributed by atoms with Crippen molar-refractivity contribution in [2.24, 2.45) is 4.99 Å². The molecule has 2 rings (SSSR count). The summed E-state index contributed by atoms with van der Waals surface area (Å²) in [4.78, 5) is 4.26. The Balaban J connectivity index is 0.00000162. The van der Waals surface area contributed by atoms with Crippen molar-refractivity contribution < 1.29 is 0 Å². The highest BCUT2D eigenvalue weighted by Gasteiger charge is 2.11. The fourth-order valence-corrected chi connectivity index (χ4v) is 2.43. The van der Waals surface area contributed by atoms with E-state index < -0.39 is 0 Å². The zero-order chi connectivity index (χ0) is 11.9. The molecule has 0 amide bonds. The number of hydrogen-bond donors (Lipinski definition) is 2. The second-order valence-electron chi connectivity index (χ2n) is 4.79. The summed E-state index contributed by atoms with van der Waals surface area (Å²) >= 11 is 0. The molecule has 2 aliphatic rings. The summed E-state index contributed by atoms with van der Waals surface area (Å²) in [5.41, 5.74) is 1.61. The molecule has 0 aromatic carbocycles. The number of nitrogens with zero attached hydrogens (tertiary/aromatic N) is 1. The Hall–Kier alpha value is -0.520. The van der Waals surface area contributed by atoms with E-state index in [2.05, 4.69) is 33.9 Å². The first kappa shape index (κ1) is 15.5. The van der Waals surface area contributed by atoms with Crippen molar-refractivity contribution in [3.63, 3.8) is 0 Å². The van der Waals surface area contributed by atoms with Crippen LogP contribution in [-0.2, 0) is 0 Å². The van der Waals surface area contributed by atoms with Crippen molar-refractivity contribution in [3.8, 4) is 0 Å². The van der Waals surface area contributed by atoms with Gasteiger partial charge < -0.3 is 10.6 Å². The fourth-order valence-electron chi connectivity index (χ4n) is 2.43. The molecule has 4 heteroatoms. The lowest BCUT2D eigenvalue weighted by atomic mass is 10.2. The summed E-state index contributed by atoms with van der Waals surface area (Å²) in [6, 6.07) is 0.534. The number of nitrogens with one attached hydrogen (secondary N) is 2. The molecule has 2 N–H and O–H groups in total. The summed E-state index contributed by atoms with van der Waals surface area (Å²) in [5, 5.41) is 6.84. The Kier molecular flexibility index (Phi) is 7.39. The largest absolute Gasteiger partial charge is 0.356 e. The second kappa shape index (κ2) is 8.56. The highest BCUT2D eigenvalue weighted by molar-refractivity contribution is 14.0. The molecular weight excluding hydrogens is 337 g/mol. The number of allylic oxidation sites excluding steroid dienone is 1. The van der Waals surface area contributed by atoms with E-state index in [4.69, 9.17) is 0 Å². The van der Waals surface area contributed by atoms with Crippen LogP contribution < -0.4 is 10.6 Å². The van der Waals surface area contributed by atoms with Gasteiger partial charge in [0.25, 0.3) is 0 Å². The fraction of sp³-hybridized carbons (Fsp3) is 0.643. The SMILES string of the molecule is CN=C(NCCC1=CCCC1)NC1CC=CC1.I. The molecule has 0 unspecified atom stereocenters. The lowest BCUT2D eigenvalue weighted by Crippen LogP contribution is -2.42. The van der Waals surface area contributed by atoms with Gasteiger partial charge in [0.15, 0.2) is 5.96 Å². The van der Waals surface area contributed by atoms with Crippen molar-refractivity contribution >= 4 is 29.9 Å². The first-order valence-corrected chi connectivity index (χ1v) is 6.68. The highest BCUT2D eigenvalue weighted by atomic mass is 127. The zero-order valence-electron chi connectivity index (χ0n) is 11.1. The second-order valence-corrected chi connectivity index (χ2v) is 4.79. The molecule has 0 saturated carbocycles. The van der Waals surface area contributed by atoms with Crippen LogP contribution >= 0.6 is 24.0 Å². The zero-order valence-corrected chi connectivity index (χ0v) is 13.4. The average Bonchev–Trinajstić information content (AvgIpc) is 3.00. The Morgan fingerprint density at radius 2 is 2.17 bits per heavy atom. The van der Waals surface area contributed by atoms with Crippen LogP contribution in [0.4, 0.5) is 0 Å². The molecule has 0 heterocycles. The van der Waals surface area contributed by atoms with Crippen LogP contribution in [0.15, 0.2) is 28.8 Å². The van der Waals surface area contributed by atoms with E-state index >= 15 is 0 Å². The Morgan fingerprint density at radius 3 is 2.78 bits per heavy atom. The van der Waals surface area contributed by atoms with Crippen LogP contribution in [0.5, 0.6) is 0 Å². The molecular formula is C14H24IN3. The molecule has 0 aliphatic heterocycles. The Labute approximate surface area is 127 Å². The molecule has 0 spiro atoms. The van der Waals surface area contributed by atoms with E-state index in [-0.39, 0.29) is 24.0 Å². The summed E-state index contributed by atoms with van der Waals surface area (Å²) in [7, 11) is 1.84. The van der Waals surface area contributed by atoms with Crippen LogP contribution in [0.1, 0.15) is 38.5 Å². The normalized spacial score (nSPS) is 19.6. The summed E-state index contributed by atoms with van der Waals surface area (Å²) in [6.07, 6.45) is 14.1. The van der Waals surface area contributed by atoms with Crippen LogP contribution in [0.2, 0.25) is 0 Å². The van der Waals surface area contributed by atoms with E-state index in [1.165, 1.54) is 19.3 Å². The number of rotatable bonds is 4. The standard InChI is InChI=1S/C14H23N3.HI/c1-15-14(17-13-8-4-5-9-13)16-11-10-12-6-2-3-7-12;/h4-6,13H,2-3,7-11H2,1H3,(H2,15,16,17);1H.